The lowest BCUT2D eigenvalue weighted by atomic mass is 10.2. The van der Waals surface area contributed by atoms with Crippen molar-refractivity contribution >= 4 is 23.3 Å². The second-order valence-electron chi connectivity index (χ2n) is 4.96. The third kappa shape index (κ3) is 3.75. The number of hydrogen-bond donors (Lipinski definition) is 1. The van der Waals surface area contributed by atoms with Crippen molar-refractivity contribution in [2.45, 2.75) is 13.0 Å². The first-order chi connectivity index (χ1) is 11.3. The third-order valence-electron chi connectivity index (χ3n) is 3.22. The van der Waals surface area contributed by atoms with Crippen molar-refractivity contribution in [2.24, 2.45) is 7.05 Å². The smallest absolute Gasteiger partial charge is 0.355 e. The maximum Gasteiger partial charge on any atom is 0.355 e. The van der Waals surface area contributed by atoms with E-state index in [1.165, 1.54) is 23.6 Å². The number of nitrogens with zero attached hydrogens (tertiary/aromatic N) is 2. The van der Waals surface area contributed by atoms with Gasteiger partial charge in [0.1, 0.15) is 5.69 Å². The normalized spacial score (nSPS) is 11.6. The highest BCUT2D eigenvalue weighted by atomic mass is 19.1. The molecule has 1 N–H and O–H groups in total. The number of nitro benzene ring substituents is 1. The van der Waals surface area contributed by atoms with Crippen molar-refractivity contribution in [2.75, 3.05) is 5.32 Å². The standard InChI is InChI=1S/C15H14FN3O5/c1-9(24-15(21)12-4-3-7-18(12)2)14(20)17-10-5-6-11(16)13(8-10)19(22)23/h3-9H,1-2H3,(H,17,20)/t9-/m0/s1. The number of aromatic nitrogens is 1. The van der Waals surface area contributed by atoms with Gasteiger partial charge in [-0.25, -0.2) is 4.79 Å². The molecule has 8 nitrogen and oxygen atoms in total. The quantitative estimate of drug-likeness (QED) is 0.513. The largest absolute Gasteiger partial charge is 0.448 e. The van der Waals surface area contributed by atoms with Crippen LogP contribution in [-0.2, 0) is 16.6 Å². The van der Waals surface area contributed by atoms with Crippen molar-refractivity contribution in [3.05, 3.63) is 58.2 Å². The van der Waals surface area contributed by atoms with Gasteiger partial charge in [-0.2, -0.15) is 4.39 Å². The molecule has 0 aliphatic carbocycles. The number of anilines is 1. The molecule has 0 aliphatic rings. The number of benzene rings is 1. The zero-order valence-corrected chi connectivity index (χ0v) is 12.9. The van der Waals surface area contributed by atoms with Crippen LogP contribution in [0.1, 0.15) is 17.4 Å². The summed E-state index contributed by atoms with van der Waals surface area (Å²) in [6.07, 6.45) is 0.510. The van der Waals surface area contributed by atoms with Crippen molar-refractivity contribution < 1.29 is 23.6 Å². The van der Waals surface area contributed by atoms with Crippen LogP contribution in [0.5, 0.6) is 0 Å². The van der Waals surface area contributed by atoms with Crippen molar-refractivity contribution in [1.29, 1.82) is 0 Å². The Morgan fingerprint density at radius 2 is 2.08 bits per heavy atom. The number of esters is 1. The highest BCUT2D eigenvalue weighted by molar-refractivity contribution is 5.97. The van der Waals surface area contributed by atoms with Crippen molar-refractivity contribution in [3.8, 4) is 0 Å². The highest BCUT2D eigenvalue weighted by Crippen LogP contribution is 2.21. The van der Waals surface area contributed by atoms with Gasteiger partial charge in [0, 0.05) is 25.0 Å². The van der Waals surface area contributed by atoms with Crippen LogP contribution in [0.2, 0.25) is 0 Å². The number of halogens is 1. The Kier molecular flexibility index (Phi) is 4.93. The van der Waals surface area contributed by atoms with Gasteiger partial charge in [0.2, 0.25) is 5.82 Å². The lowest BCUT2D eigenvalue weighted by molar-refractivity contribution is -0.387. The topological polar surface area (TPSA) is 103 Å². The predicted molar refractivity (Wildman–Crippen MR) is 82.0 cm³/mol. The molecule has 1 aromatic heterocycles. The number of hydrogen-bond acceptors (Lipinski definition) is 5. The first kappa shape index (κ1) is 17.1. The highest BCUT2D eigenvalue weighted by Gasteiger charge is 2.22. The summed E-state index contributed by atoms with van der Waals surface area (Å²) < 4.78 is 19.8. The molecule has 0 saturated carbocycles. The summed E-state index contributed by atoms with van der Waals surface area (Å²) >= 11 is 0. The number of carbonyl (C=O) groups is 2. The fraction of sp³-hybridized carbons (Fsp3) is 0.200. The molecule has 0 bridgehead atoms. The summed E-state index contributed by atoms with van der Waals surface area (Å²) in [7, 11) is 1.65. The van der Waals surface area contributed by atoms with Gasteiger partial charge in [0.05, 0.1) is 4.92 Å². The molecule has 0 radical (unpaired) electrons. The Bertz CT molecular complexity index is 802. The van der Waals surface area contributed by atoms with E-state index in [0.717, 1.165) is 12.1 Å². The Morgan fingerprint density at radius 3 is 2.67 bits per heavy atom. The van der Waals surface area contributed by atoms with Gasteiger partial charge in [-0.1, -0.05) is 0 Å². The van der Waals surface area contributed by atoms with Gasteiger partial charge >= 0.3 is 11.7 Å². The van der Waals surface area contributed by atoms with E-state index < -0.39 is 34.4 Å². The number of nitrogens with one attached hydrogen (secondary N) is 1. The minimum absolute atomic E-state index is 0.0230. The molecule has 0 saturated heterocycles. The van der Waals surface area contributed by atoms with Crippen LogP contribution in [0, 0.1) is 15.9 Å². The fourth-order valence-electron chi connectivity index (χ4n) is 1.92. The number of aryl methyl sites for hydroxylation is 1. The van der Waals surface area contributed by atoms with Crippen LogP contribution >= 0.6 is 0 Å². The van der Waals surface area contributed by atoms with E-state index in [0.29, 0.717) is 0 Å². The minimum atomic E-state index is -1.14. The zero-order chi connectivity index (χ0) is 17.9. The summed E-state index contributed by atoms with van der Waals surface area (Å²) in [5.74, 6) is -2.39. The molecule has 0 spiro atoms. The summed E-state index contributed by atoms with van der Waals surface area (Å²) in [4.78, 5) is 33.7. The summed E-state index contributed by atoms with van der Waals surface area (Å²) in [5.41, 5.74) is -0.469. The molecular formula is C15H14FN3O5. The van der Waals surface area contributed by atoms with Crippen molar-refractivity contribution in [3.63, 3.8) is 0 Å². The van der Waals surface area contributed by atoms with E-state index in [1.54, 1.807) is 19.3 Å². The van der Waals surface area contributed by atoms with E-state index in [9.17, 15) is 24.1 Å². The lowest BCUT2D eigenvalue weighted by Crippen LogP contribution is -2.30. The molecule has 24 heavy (non-hydrogen) atoms. The van der Waals surface area contributed by atoms with Gasteiger partial charge in [-0.05, 0) is 31.2 Å². The lowest BCUT2D eigenvalue weighted by Gasteiger charge is -2.13. The van der Waals surface area contributed by atoms with E-state index >= 15 is 0 Å². The van der Waals surface area contributed by atoms with Crippen LogP contribution in [-0.4, -0.2) is 27.5 Å². The van der Waals surface area contributed by atoms with Crippen LogP contribution < -0.4 is 5.32 Å². The average molecular weight is 335 g/mol. The number of amides is 1. The van der Waals surface area contributed by atoms with Gasteiger partial charge < -0.3 is 14.6 Å². The summed E-state index contributed by atoms with van der Waals surface area (Å²) in [6, 6.07) is 6.12. The van der Waals surface area contributed by atoms with Gasteiger partial charge in [0.25, 0.3) is 5.91 Å². The molecule has 0 unspecified atom stereocenters. The molecule has 1 atom stereocenters. The molecule has 0 aliphatic heterocycles. The number of nitro groups is 1. The SMILES string of the molecule is C[C@H](OC(=O)c1cccn1C)C(=O)Nc1ccc(F)c([N+](=O)[O-])c1. The Balaban J connectivity index is 2.04. The molecular weight excluding hydrogens is 321 g/mol. The molecule has 126 valence electrons. The predicted octanol–water partition coefficient (Wildman–Crippen LogP) is 2.26. The van der Waals surface area contributed by atoms with Gasteiger partial charge in [0.15, 0.2) is 6.10 Å². The van der Waals surface area contributed by atoms with E-state index in [2.05, 4.69) is 5.32 Å². The van der Waals surface area contributed by atoms with Crippen LogP contribution in [0.25, 0.3) is 0 Å². The maximum absolute atomic E-state index is 13.3. The molecule has 2 rings (SSSR count). The third-order valence-corrected chi connectivity index (χ3v) is 3.22. The minimum Gasteiger partial charge on any atom is -0.448 e. The number of carbonyl (C=O) groups excluding carboxylic acids is 2. The maximum atomic E-state index is 13.3. The van der Waals surface area contributed by atoms with E-state index in [4.69, 9.17) is 4.74 Å². The summed E-state index contributed by atoms with van der Waals surface area (Å²) in [6.45, 7) is 1.36. The van der Waals surface area contributed by atoms with E-state index in [1.807, 2.05) is 0 Å². The second-order valence-corrected chi connectivity index (χ2v) is 4.96. The first-order valence-corrected chi connectivity index (χ1v) is 6.86. The monoisotopic (exact) mass is 335 g/mol. The number of ether oxygens (including phenoxy) is 1. The molecule has 1 aromatic carbocycles. The fourth-order valence-corrected chi connectivity index (χ4v) is 1.92. The Hall–Kier alpha value is -3.23. The second kappa shape index (κ2) is 6.90. The first-order valence-electron chi connectivity index (χ1n) is 6.86. The van der Waals surface area contributed by atoms with Gasteiger partial charge in [-0.3, -0.25) is 14.9 Å². The summed E-state index contributed by atoms with van der Waals surface area (Å²) in [5, 5.41) is 13.0. The molecule has 0 fully saturated rings. The Labute approximate surface area is 136 Å². The zero-order valence-electron chi connectivity index (χ0n) is 12.9. The average Bonchev–Trinajstić information content (AvgIpc) is 2.95. The van der Waals surface area contributed by atoms with Crippen LogP contribution in [0.3, 0.4) is 0 Å². The van der Waals surface area contributed by atoms with Crippen LogP contribution in [0.15, 0.2) is 36.5 Å². The van der Waals surface area contributed by atoms with Crippen molar-refractivity contribution in [1.82, 2.24) is 4.57 Å². The molecule has 9 heteroatoms. The van der Waals surface area contributed by atoms with E-state index in [-0.39, 0.29) is 11.4 Å². The molecule has 1 heterocycles. The van der Waals surface area contributed by atoms with Crippen LogP contribution in [0.4, 0.5) is 15.8 Å². The van der Waals surface area contributed by atoms with Gasteiger partial charge in [-0.15, -0.1) is 0 Å². The molecule has 1 amide bonds. The number of rotatable bonds is 5. The molecule has 2 aromatic rings. The Morgan fingerprint density at radius 1 is 1.38 bits per heavy atom.